The van der Waals surface area contributed by atoms with Crippen molar-refractivity contribution in [1.82, 2.24) is 9.55 Å². The maximum atomic E-state index is 5.33. The predicted molar refractivity (Wildman–Crippen MR) is 88.9 cm³/mol. The third-order valence-electron chi connectivity index (χ3n) is 2.85. The standard InChI is InChI=1S/C14H17Br2N3O/c1-4-5-19-8-9(2)17-14(19)18-12-7-13(20-3)11(16)6-10(12)15/h6-8H,4-5H2,1-3H3,(H,17,18). The van der Waals surface area contributed by atoms with E-state index in [1.807, 2.05) is 19.1 Å². The molecule has 0 saturated heterocycles. The Morgan fingerprint density at radius 2 is 2.05 bits per heavy atom. The summed E-state index contributed by atoms with van der Waals surface area (Å²) in [6.45, 7) is 5.08. The minimum Gasteiger partial charge on any atom is -0.495 e. The summed E-state index contributed by atoms with van der Waals surface area (Å²) < 4.78 is 9.31. The summed E-state index contributed by atoms with van der Waals surface area (Å²) in [4.78, 5) is 4.52. The van der Waals surface area contributed by atoms with Gasteiger partial charge in [-0.2, -0.15) is 0 Å². The summed E-state index contributed by atoms with van der Waals surface area (Å²) in [6.07, 6.45) is 3.12. The SMILES string of the molecule is CCCn1cc(C)nc1Nc1cc(OC)c(Br)cc1Br. The molecule has 0 fully saturated rings. The molecular formula is C14H17Br2N3O. The Balaban J connectivity index is 2.34. The summed E-state index contributed by atoms with van der Waals surface area (Å²) in [7, 11) is 1.65. The third-order valence-corrected chi connectivity index (χ3v) is 4.13. The molecule has 2 rings (SSSR count). The topological polar surface area (TPSA) is 39.1 Å². The summed E-state index contributed by atoms with van der Waals surface area (Å²) in [5, 5.41) is 3.35. The van der Waals surface area contributed by atoms with E-state index in [-0.39, 0.29) is 0 Å². The first-order valence-corrected chi connectivity index (χ1v) is 7.97. The van der Waals surface area contributed by atoms with Gasteiger partial charge in [-0.05, 0) is 51.3 Å². The minimum absolute atomic E-state index is 0.779. The van der Waals surface area contributed by atoms with Gasteiger partial charge in [-0.15, -0.1) is 0 Å². The highest BCUT2D eigenvalue weighted by molar-refractivity contribution is 9.11. The van der Waals surface area contributed by atoms with Gasteiger partial charge >= 0.3 is 0 Å². The van der Waals surface area contributed by atoms with Gasteiger partial charge in [-0.1, -0.05) is 6.92 Å². The molecule has 0 saturated carbocycles. The number of hydrogen-bond acceptors (Lipinski definition) is 3. The monoisotopic (exact) mass is 401 g/mol. The molecule has 1 heterocycles. The number of aromatic nitrogens is 2. The molecular weight excluding hydrogens is 386 g/mol. The van der Waals surface area contributed by atoms with Gasteiger partial charge in [-0.25, -0.2) is 4.98 Å². The lowest BCUT2D eigenvalue weighted by atomic mass is 10.3. The maximum Gasteiger partial charge on any atom is 0.207 e. The molecule has 6 heteroatoms. The number of methoxy groups -OCH3 is 1. The molecule has 1 N–H and O–H groups in total. The number of aryl methyl sites for hydroxylation is 2. The van der Waals surface area contributed by atoms with Crippen molar-refractivity contribution < 1.29 is 4.74 Å². The summed E-state index contributed by atoms with van der Waals surface area (Å²) in [6, 6.07) is 3.90. The Hall–Kier alpha value is -1.01. The second kappa shape index (κ2) is 6.63. The number of hydrogen-bond donors (Lipinski definition) is 1. The fraction of sp³-hybridized carbons (Fsp3) is 0.357. The highest BCUT2D eigenvalue weighted by Gasteiger charge is 2.11. The van der Waals surface area contributed by atoms with Crippen LogP contribution in [0.25, 0.3) is 0 Å². The van der Waals surface area contributed by atoms with E-state index in [0.29, 0.717) is 0 Å². The van der Waals surface area contributed by atoms with Crippen molar-refractivity contribution in [3.05, 3.63) is 33.0 Å². The fourth-order valence-electron chi connectivity index (χ4n) is 1.96. The molecule has 2 aromatic rings. The Morgan fingerprint density at radius 1 is 1.30 bits per heavy atom. The van der Waals surface area contributed by atoms with Crippen molar-refractivity contribution in [3.8, 4) is 5.75 Å². The van der Waals surface area contributed by atoms with Crippen molar-refractivity contribution in [2.24, 2.45) is 0 Å². The molecule has 0 aliphatic rings. The van der Waals surface area contributed by atoms with Crippen LogP contribution in [0.1, 0.15) is 19.0 Å². The van der Waals surface area contributed by atoms with Crippen LogP contribution in [0, 0.1) is 6.92 Å². The normalized spacial score (nSPS) is 10.7. The summed E-state index contributed by atoms with van der Waals surface area (Å²) in [5.74, 6) is 1.62. The molecule has 0 spiro atoms. The minimum atomic E-state index is 0.779. The highest BCUT2D eigenvalue weighted by atomic mass is 79.9. The highest BCUT2D eigenvalue weighted by Crippen LogP contribution is 2.35. The van der Waals surface area contributed by atoms with Crippen LogP contribution in [-0.4, -0.2) is 16.7 Å². The van der Waals surface area contributed by atoms with Crippen LogP contribution < -0.4 is 10.1 Å². The fourth-order valence-corrected chi connectivity index (χ4v) is 3.21. The quantitative estimate of drug-likeness (QED) is 0.774. The molecule has 0 aliphatic heterocycles. The maximum absolute atomic E-state index is 5.33. The zero-order chi connectivity index (χ0) is 14.7. The van der Waals surface area contributed by atoms with Crippen molar-refractivity contribution >= 4 is 43.5 Å². The first-order valence-electron chi connectivity index (χ1n) is 6.39. The molecule has 108 valence electrons. The van der Waals surface area contributed by atoms with E-state index in [1.165, 1.54) is 0 Å². The van der Waals surface area contributed by atoms with E-state index < -0.39 is 0 Å². The molecule has 4 nitrogen and oxygen atoms in total. The van der Waals surface area contributed by atoms with Crippen molar-refractivity contribution in [2.45, 2.75) is 26.8 Å². The number of benzene rings is 1. The lowest BCUT2D eigenvalue weighted by Crippen LogP contribution is -2.03. The number of nitrogens with one attached hydrogen (secondary N) is 1. The average Bonchev–Trinajstić information content (AvgIpc) is 2.73. The van der Waals surface area contributed by atoms with Gasteiger partial charge < -0.3 is 14.6 Å². The molecule has 0 aliphatic carbocycles. The van der Waals surface area contributed by atoms with E-state index in [4.69, 9.17) is 4.74 Å². The van der Waals surface area contributed by atoms with E-state index >= 15 is 0 Å². The van der Waals surface area contributed by atoms with E-state index in [2.05, 4.69) is 59.8 Å². The van der Waals surface area contributed by atoms with Crippen LogP contribution in [0.3, 0.4) is 0 Å². The molecule has 1 aromatic heterocycles. The van der Waals surface area contributed by atoms with Gasteiger partial charge in [0.1, 0.15) is 5.75 Å². The molecule has 20 heavy (non-hydrogen) atoms. The van der Waals surface area contributed by atoms with Crippen LogP contribution in [0.4, 0.5) is 11.6 Å². The smallest absolute Gasteiger partial charge is 0.207 e. The molecule has 0 unspecified atom stereocenters. The molecule has 0 bridgehead atoms. The van der Waals surface area contributed by atoms with Crippen molar-refractivity contribution in [3.63, 3.8) is 0 Å². The molecule has 0 atom stereocenters. The van der Waals surface area contributed by atoms with Crippen LogP contribution in [0.2, 0.25) is 0 Å². The number of halogens is 2. The van der Waals surface area contributed by atoms with Crippen LogP contribution in [-0.2, 0) is 6.54 Å². The average molecular weight is 403 g/mol. The lowest BCUT2D eigenvalue weighted by Gasteiger charge is -2.12. The summed E-state index contributed by atoms with van der Waals surface area (Å²) >= 11 is 7.02. The first kappa shape index (κ1) is 15.4. The Morgan fingerprint density at radius 3 is 2.70 bits per heavy atom. The van der Waals surface area contributed by atoms with E-state index in [9.17, 15) is 0 Å². The number of rotatable bonds is 5. The predicted octanol–water partition coefficient (Wildman–Crippen LogP) is 4.88. The number of ether oxygens (including phenoxy) is 1. The van der Waals surface area contributed by atoms with Crippen LogP contribution in [0.5, 0.6) is 5.75 Å². The van der Waals surface area contributed by atoms with Crippen LogP contribution >= 0.6 is 31.9 Å². The van der Waals surface area contributed by atoms with Gasteiger partial charge in [0, 0.05) is 23.3 Å². The lowest BCUT2D eigenvalue weighted by molar-refractivity contribution is 0.412. The second-order valence-electron chi connectivity index (χ2n) is 4.49. The van der Waals surface area contributed by atoms with Gasteiger partial charge in [0.15, 0.2) is 0 Å². The Bertz CT molecular complexity index is 611. The summed E-state index contributed by atoms with van der Waals surface area (Å²) in [5.41, 5.74) is 1.93. The van der Waals surface area contributed by atoms with Gasteiger partial charge in [0.05, 0.1) is 23.0 Å². The molecule has 1 aromatic carbocycles. The third kappa shape index (κ3) is 3.35. The zero-order valence-corrected chi connectivity index (χ0v) is 14.9. The second-order valence-corrected chi connectivity index (χ2v) is 6.20. The van der Waals surface area contributed by atoms with Gasteiger partial charge in [-0.3, -0.25) is 0 Å². The number of anilines is 2. The molecule has 0 amide bonds. The van der Waals surface area contributed by atoms with Crippen molar-refractivity contribution in [2.75, 3.05) is 12.4 Å². The first-order chi connectivity index (χ1) is 9.55. The number of imidazole rings is 1. The Labute approximate surface area is 135 Å². The van der Waals surface area contributed by atoms with Crippen LogP contribution in [0.15, 0.2) is 27.3 Å². The van der Waals surface area contributed by atoms with Gasteiger partial charge in [0.2, 0.25) is 5.95 Å². The largest absolute Gasteiger partial charge is 0.495 e. The number of nitrogens with zero attached hydrogens (tertiary/aromatic N) is 2. The van der Waals surface area contributed by atoms with Crippen molar-refractivity contribution in [1.29, 1.82) is 0 Å². The van der Waals surface area contributed by atoms with E-state index in [0.717, 1.165) is 45.0 Å². The molecule has 0 radical (unpaired) electrons. The zero-order valence-electron chi connectivity index (χ0n) is 11.7. The van der Waals surface area contributed by atoms with E-state index in [1.54, 1.807) is 7.11 Å². The Kier molecular flexibility index (Phi) is 5.10. The van der Waals surface area contributed by atoms with Gasteiger partial charge in [0.25, 0.3) is 0 Å².